The van der Waals surface area contributed by atoms with Crippen molar-refractivity contribution in [2.45, 2.75) is 26.4 Å². The first-order valence-corrected chi connectivity index (χ1v) is 5.65. The van der Waals surface area contributed by atoms with Gasteiger partial charge in [0.2, 0.25) is 0 Å². The summed E-state index contributed by atoms with van der Waals surface area (Å²) in [4.78, 5) is 0. The highest BCUT2D eigenvalue weighted by molar-refractivity contribution is 7.03. The summed E-state index contributed by atoms with van der Waals surface area (Å²) in [5.41, 5.74) is 0.968. The quantitative estimate of drug-likeness (QED) is 0.864. The summed E-state index contributed by atoms with van der Waals surface area (Å²) in [5, 5.41) is 9.23. The molecule has 1 unspecified atom stereocenters. The van der Waals surface area contributed by atoms with Crippen molar-refractivity contribution in [3.05, 3.63) is 34.7 Å². The van der Waals surface area contributed by atoms with Crippen LogP contribution in [0.5, 0.6) is 0 Å². The molecule has 4 nitrogen and oxygen atoms in total. The van der Waals surface area contributed by atoms with E-state index in [1.54, 1.807) is 0 Å². The molecule has 5 heteroatoms. The second-order valence-electron chi connectivity index (χ2n) is 3.45. The van der Waals surface area contributed by atoms with Crippen LogP contribution in [0.2, 0.25) is 0 Å². The molecule has 2 rings (SSSR count). The lowest BCUT2D eigenvalue weighted by molar-refractivity contribution is 0.414. The second-order valence-corrected chi connectivity index (χ2v) is 4.06. The van der Waals surface area contributed by atoms with Gasteiger partial charge in [-0.25, -0.2) is 0 Å². The van der Waals surface area contributed by atoms with Crippen LogP contribution in [-0.4, -0.2) is 9.59 Å². The Hall–Kier alpha value is -1.20. The summed E-state index contributed by atoms with van der Waals surface area (Å²) < 4.78 is 9.32. The number of hydrogen-bond acceptors (Lipinski definition) is 5. The van der Waals surface area contributed by atoms with Crippen molar-refractivity contribution < 1.29 is 4.42 Å². The van der Waals surface area contributed by atoms with E-state index in [2.05, 4.69) is 21.8 Å². The minimum absolute atomic E-state index is 0.195. The highest BCUT2D eigenvalue weighted by atomic mass is 32.1. The molecule has 2 aromatic heterocycles. The molecule has 1 N–H and O–H groups in total. The Morgan fingerprint density at radius 1 is 1.53 bits per heavy atom. The Labute approximate surface area is 92.5 Å². The fourth-order valence-corrected chi connectivity index (χ4v) is 1.76. The molecule has 0 aromatic carbocycles. The van der Waals surface area contributed by atoms with Crippen molar-refractivity contribution in [2.75, 3.05) is 0 Å². The molecule has 2 aromatic rings. The van der Waals surface area contributed by atoms with E-state index >= 15 is 0 Å². The summed E-state index contributed by atoms with van der Waals surface area (Å²) in [6, 6.07) is 4.16. The van der Waals surface area contributed by atoms with Crippen LogP contribution in [0.4, 0.5) is 0 Å². The van der Waals surface area contributed by atoms with E-state index in [9.17, 15) is 0 Å². The molecule has 0 saturated carbocycles. The van der Waals surface area contributed by atoms with E-state index in [-0.39, 0.29) is 6.04 Å². The van der Waals surface area contributed by atoms with Gasteiger partial charge in [0, 0.05) is 11.9 Å². The Kier molecular flexibility index (Phi) is 3.13. The standard InChI is InChI=1S/C10H13N3OS/c1-7-3-4-10(14-7)8(2)11-5-9-6-15-13-12-9/h3-4,6,8,11H,5H2,1-2H3. The third-order valence-corrected chi connectivity index (χ3v) is 2.74. The van der Waals surface area contributed by atoms with E-state index < -0.39 is 0 Å². The molecule has 0 aliphatic heterocycles. The largest absolute Gasteiger partial charge is 0.465 e. The minimum Gasteiger partial charge on any atom is -0.465 e. The molecule has 0 radical (unpaired) electrons. The highest BCUT2D eigenvalue weighted by Crippen LogP contribution is 2.15. The third-order valence-electron chi connectivity index (χ3n) is 2.18. The van der Waals surface area contributed by atoms with Gasteiger partial charge in [0.05, 0.1) is 11.7 Å². The van der Waals surface area contributed by atoms with Gasteiger partial charge in [-0.3, -0.25) is 0 Å². The van der Waals surface area contributed by atoms with Crippen LogP contribution in [-0.2, 0) is 6.54 Å². The maximum absolute atomic E-state index is 5.52. The van der Waals surface area contributed by atoms with Gasteiger partial charge in [0.15, 0.2) is 0 Å². The molecule has 0 fully saturated rings. The van der Waals surface area contributed by atoms with Crippen molar-refractivity contribution in [1.82, 2.24) is 14.9 Å². The summed E-state index contributed by atoms with van der Waals surface area (Å²) in [5.74, 6) is 1.89. The molecule has 0 aliphatic rings. The lowest BCUT2D eigenvalue weighted by Gasteiger charge is -2.09. The van der Waals surface area contributed by atoms with E-state index in [1.165, 1.54) is 11.5 Å². The zero-order valence-electron chi connectivity index (χ0n) is 8.73. The smallest absolute Gasteiger partial charge is 0.120 e. The number of aryl methyl sites for hydroxylation is 1. The maximum atomic E-state index is 5.52. The first kappa shape index (κ1) is 10.3. The number of hydrogen-bond donors (Lipinski definition) is 1. The van der Waals surface area contributed by atoms with Gasteiger partial charge in [-0.1, -0.05) is 4.49 Å². The van der Waals surface area contributed by atoms with Crippen LogP contribution in [0.3, 0.4) is 0 Å². The number of nitrogens with one attached hydrogen (secondary N) is 1. The lowest BCUT2D eigenvalue weighted by atomic mass is 10.2. The van der Waals surface area contributed by atoms with Gasteiger partial charge in [-0.2, -0.15) is 0 Å². The number of nitrogens with zero attached hydrogens (tertiary/aromatic N) is 2. The fraction of sp³-hybridized carbons (Fsp3) is 0.400. The third kappa shape index (κ3) is 2.64. The minimum atomic E-state index is 0.195. The molecule has 80 valence electrons. The molecular weight excluding hydrogens is 210 g/mol. The van der Waals surface area contributed by atoms with Crippen LogP contribution >= 0.6 is 11.5 Å². The van der Waals surface area contributed by atoms with E-state index in [0.29, 0.717) is 0 Å². The molecule has 15 heavy (non-hydrogen) atoms. The van der Waals surface area contributed by atoms with Gasteiger partial charge in [-0.15, -0.1) is 5.10 Å². The van der Waals surface area contributed by atoms with Crippen LogP contribution in [0.15, 0.2) is 21.9 Å². The molecule has 0 amide bonds. The number of rotatable bonds is 4. The Morgan fingerprint density at radius 2 is 2.40 bits per heavy atom. The topological polar surface area (TPSA) is 51.0 Å². The zero-order chi connectivity index (χ0) is 10.7. The Bertz CT molecular complexity index is 410. The second kappa shape index (κ2) is 4.55. The van der Waals surface area contributed by atoms with Crippen molar-refractivity contribution in [3.8, 4) is 0 Å². The average molecular weight is 223 g/mol. The number of aromatic nitrogens is 2. The van der Waals surface area contributed by atoms with Gasteiger partial charge >= 0.3 is 0 Å². The molecule has 0 spiro atoms. The summed E-state index contributed by atoms with van der Waals surface area (Å²) in [6.45, 7) is 4.73. The first-order valence-electron chi connectivity index (χ1n) is 4.81. The molecule has 0 bridgehead atoms. The van der Waals surface area contributed by atoms with Crippen molar-refractivity contribution in [3.63, 3.8) is 0 Å². The van der Waals surface area contributed by atoms with Gasteiger partial charge in [0.25, 0.3) is 0 Å². The summed E-state index contributed by atoms with van der Waals surface area (Å²) in [7, 11) is 0. The molecule has 1 atom stereocenters. The van der Waals surface area contributed by atoms with Crippen molar-refractivity contribution in [2.24, 2.45) is 0 Å². The van der Waals surface area contributed by atoms with Crippen molar-refractivity contribution >= 4 is 11.5 Å². The Morgan fingerprint density at radius 3 is 3.00 bits per heavy atom. The molecule has 2 heterocycles. The first-order chi connectivity index (χ1) is 7.25. The van der Waals surface area contributed by atoms with E-state index in [4.69, 9.17) is 4.42 Å². The lowest BCUT2D eigenvalue weighted by Crippen LogP contribution is -2.17. The van der Waals surface area contributed by atoms with Gasteiger partial charge in [-0.05, 0) is 37.5 Å². The van der Waals surface area contributed by atoms with Crippen LogP contribution < -0.4 is 5.32 Å². The Balaban J connectivity index is 1.90. The average Bonchev–Trinajstić information content (AvgIpc) is 2.84. The molecular formula is C10H13N3OS. The predicted octanol–water partition coefficient (Wildman–Crippen LogP) is 2.29. The van der Waals surface area contributed by atoms with E-state index in [0.717, 1.165) is 23.8 Å². The zero-order valence-corrected chi connectivity index (χ0v) is 9.54. The predicted molar refractivity (Wildman–Crippen MR) is 58.6 cm³/mol. The number of furan rings is 1. The van der Waals surface area contributed by atoms with Gasteiger partial charge in [0.1, 0.15) is 11.5 Å². The van der Waals surface area contributed by atoms with Gasteiger partial charge < -0.3 is 9.73 Å². The van der Waals surface area contributed by atoms with E-state index in [1.807, 2.05) is 24.4 Å². The highest BCUT2D eigenvalue weighted by Gasteiger charge is 2.09. The molecule has 0 saturated heterocycles. The van der Waals surface area contributed by atoms with Crippen LogP contribution in [0.25, 0.3) is 0 Å². The summed E-state index contributed by atoms with van der Waals surface area (Å²) in [6.07, 6.45) is 0. The van der Waals surface area contributed by atoms with Crippen molar-refractivity contribution in [1.29, 1.82) is 0 Å². The fourth-order valence-electron chi connectivity index (χ4n) is 1.31. The van der Waals surface area contributed by atoms with Crippen LogP contribution in [0, 0.1) is 6.92 Å². The summed E-state index contributed by atoms with van der Waals surface area (Å²) >= 11 is 1.37. The SMILES string of the molecule is Cc1ccc(C(C)NCc2csnn2)o1. The monoisotopic (exact) mass is 223 g/mol. The maximum Gasteiger partial charge on any atom is 0.120 e. The normalized spacial score (nSPS) is 12.9. The van der Waals surface area contributed by atoms with Crippen LogP contribution in [0.1, 0.15) is 30.2 Å². The molecule has 0 aliphatic carbocycles.